The number of aromatic nitrogens is 3. The van der Waals surface area contributed by atoms with Gasteiger partial charge in [-0.1, -0.05) is 18.2 Å². The summed E-state index contributed by atoms with van der Waals surface area (Å²) in [5.41, 5.74) is 2.63. The van der Waals surface area contributed by atoms with E-state index >= 15 is 0 Å². The topological polar surface area (TPSA) is 59.8 Å². The molecule has 1 atom stereocenters. The van der Waals surface area contributed by atoms with Crippen LogP contribution in [0.5, 0.6) is 0 Å². The number of nitrogens with one attached hydrogen (secondary N) is 1. The number of nitrogens with zero attached hydrogens (tertiary/aromatic N) is 3. The Hall–Kier alpha value is -2.54. The van der Waals surface area contributed by atoms with Crippen molar-refractivity contribution in [3.8, 4) is 0 Å². The fraction of sp³-hybridized carbons (Fsp3) is 0.316. The molecule has 2 heterocycles. The van der Waals surface area contributed by atoms with E-state index < -0.39 is 0 Å². The number of hydrogen-bond donors (Lipinski definition) is 1. The van der Waals surface area contributed by atoms with E-state index in [9.17, 15) is 9.18 Å². The number of anilines is 1. The highest BCUT2D eigenvalue weighted by atomic mass is 32.1. The van der Waals surface area contributed by atoms with Crippen LogP contribution in [0.2, 0.25) is 0 Å². The summed E-state index contributed by atoms with van der Waals surface area (Å²) in [7, 11) is 1.96. The number of benzene rings is 1. The van der Waals surface area contributed by atoms with E-state index in [4.69, 9.17) is 0 Å². The molecular weight excluding hydrogens is 351 g/mol. The number of aryl methyl sites for hydroxylation is 1. The van der Waals surface area contributed by atoms with Crippen LogP contribution in [-0.4, -0.2) is 20.4 Å². The average molecular weight is 370 g/mol. The lowest BCUT2D eigenvalue weighted by molar-refractivity contribution is -0.118. The van der Waals surface area contributed by atoms with Crippen LogP contribution < -0.4 is 5.32 Å². The monoisotopic (exact) mass is 370 g/mol. The quantitative estimate of drug-likeness (QED) is 0.762. The lowest BCUT2D eigenvalue weighted by atomic mass is 9.89. The van der Waals surface area contributed by atoms with Gasteiger partial charge in [0.1, 0.15) is 5.82 Å². The van der Waals surface area contributed by atoms with Crippen LogP contribution in [0.1, 0.15) is 40.6 Å². The minimum Gasteiger partial charge on any atom is -0.337 e. The largest absolute Gasteiger partial charge is 0.337 e. The molecule has 2 aromatic heterocycles. The van der Waals surface area contributed by atoms with Crippen molar-refractivity contribution in [3.05, 3.63) is 64.4 Å². The Bertz CT molecular complexity index is 949. The Kier molecular flexibility index (Phi) is 4.55. The Morgan fingerprint density at radius 3 is 3.08 bits per heavy atom. The molecule has 0 saturated heterocycles. The van der Waals surface area contributed by atoms with Crippen LogP contribution in [0.15, 0.2) is 36.8 Å². The summed E-state index contributed by atoms with van der Waals surface area (Å²) in [4.78, 5) is 22.3. The van der Waals surface area contributed by atoms with Crippen molar-refractivity contribution in [2.45, 2.75) is 31.6 Å². The summed E-state index contributed by atoms with van der Waals surface area (Å²) < 4.78 is 15.8. The van der Waals surface area contributed by atoms with Crippen LogP contribution in [0.3, 0.4) is 0 Å². The molecule has 5 nitrogen and oxygen atoms in total. The zero-order valence-corrected chi connectivity index (χ0v) is 15.2. The molecule has 0 bridgehead atoms. The molecule has 0 radical (unpaired) electrons. The van der Waals surface area contributed by atoms with Gasteiger partial charge in [-0.2, -0.15) is 0 Å². The Morgan fingerprint density at radius 1 is 1.38 bits per heavy atom. The van der Waals surface area contributed by atoms with Crippen molar-refractivity contribution in [1.82, 2.24) is 14.5 Å². The van der Waals surface area contributed by atoms with Gasteiger partial charge in [0.15, 0.2) is 5.13 Å². The second-order valence-corrected chi connectivity index (χ2v) is 7.64. The van der Waals surface area contributed by atoms with Crippen LogP contribution in [0, 0.1) is 5.82 Å². The minimum absolute atomic E-state index is 0.0727. The molecular formula is C19H19FN4OS. The van der Waals surface area contributed by atoms with Crippen LogP contribution in [0.4, 0.5) is 9.52 Å². The smallest absolute Gasteiger partial charge is 0.235 e. The van der Waals surface area contributed by atoms with Gasteiger partial charge in [-0.15, -0.1) is 11.3 Å². The van der Waals surface area contributed by atoms with Crippen molar-refractivity contribution in [2.75, 3.05) is 5.32 Å². The third kappa shape index (κ3) is 3.26. The molecule has 0 spiro atoms. The molecule has 4 rings (SSSR count). The van der Waals surface area contributed by atoms with E-state index in [0.29, 0.717) is 17.1 Å². The Labute approximate surface area is 154 Å². The molecule has 1 aliphatic rings. The number of rotatable bonds is 4. The molecule has 26 heavy (non-hydrogen) atoms. The highest BCUT2D eigenvalue weighted by Crippen LogP contribution is 2.32. The average Bonchev–Trinajstić information content (AvgIpc) is 3.24. The maximum atomic E-state index is 13.8. The van der Waals surface area contributed by atoms with Gasteiger partial charge in [-0.05, 0) is 30.9 Å². The second kappa shape index (κ2) is 6.99. The normalized spacial score (nSPS) is 16.3. The van der Waals surface area contributed by atoms with Gasteiger partial charge in [-0.3, -0.25) is 4.79 Å². The first kappa shape index (κ1) is 16.9. The van der Waals surface area contributed by atoms with Gasteiger partial charge in [-0.25, -0.2) is 14.4 Å². The molecule has 1 amide bonds. The van der Waals surface area contributed by atoms with E-state index in [2.05, 4.69) is 15.3 Å². The summed E-state index contributed by atoms with van der Waals surface area (Å²) in [6.07, 6.45) is 6.66. The zero-order chi connectivity index (χ0) is 18.1. The first-order valence-corrected chi connectivity index (χ1v) is 9.42. The van der Waals surface area contributed by atoms with Gasteiger partial charge in [0.05, 0.1) is 17.9 Å². The SMILES string of the molecule is Cn1cnc2c1CCCC2C(=O)Nc1ncc(Cc2ccccc2F)s1. The number of fused-ring (bicyclic) bond motifs is 1. The van der Waals surface area contributed by atoms with Crippen LogP contribution >= 0.6 is 11.3 Å². The number of imidazole rings is 1. The van der Waals surface area contributed by atoms with Crippen LogP contribution in [-0.2, 0) is 24.7 Å². The predicted octanol–water partition coefficient (Wildman–Crippen LogP) is 3.67. The van der Waals surface area contributed by atoms with Crippen molar-refractivity contribution < 1.29 is 9.18 Å². The minimum atomic E-state index is -0.237. The highest BCUT2D eigenvalue weighted by molar-refractivity contribution is 7.15. The molecule has 1 unspecified atom stereocenters. The molecule has 1 N–H and O–H groups in total. The van der Waals surface area contributed by atoms with Crippen molar-refractivity contribution in [3.63, 3.8) is 0 Å². The van der Waals surface area contributed by atoms with Gasteiger partial charge in [0, 0.05) is 30.2 Å². The van der Waals surface area contributed by atoms with Gasteiger partial charge >= 0.3 is 0 Å². The van der Waals surface area contributed by atoms with E-state index in [-0.39, 0.29) is 17.6 Å². The third-order valence-corrected chi connectivity index (χ3v) is 5.66. The van der Waals surface area contributed by atoms with Gasteiger partial charge in [0.25, 0.3) is 0 Å². The maximum absolute atomic E-state index is 13.8. The number of carbonyl (C=O) groups is 1. The lowest BCUT2D eigenvalue weighted by Crippen LogP contribution is -2.25. The van der Waals surface area contributed by atoms with Crippen molar-refractivity contribution in [2.24, 2.45) is 7.05 Å². The Morgan fingerprint density at radius 2 is 2.23 bits per heavy atom. The summed E-state index contributed by atoms with van der Waals surface area (Å²) >= 11 is 1.38. The number of amides is 1. The number of thiazole rings is 1. The van der Waals surface area contributed by atoms with Crippen molar-refractivity contribution >= 4 is 22.4 Å². The zero-order valence-electron chi connectivity index (χ0n) is 14.4. The number of hydrogen-bond acceptors (Lipinski definition) is 4. The molecule has 0 fully saturated rings. The third-order valence-electron chi connectivity index (χ3n) is 4.75. The highest BCUT2D eigenvalue weighted by Gasteiger charge is 2.30. The maximum Gasteiger partial charge on any atom is 0.235 e. The number of carbonyl (C=O) groups excluding carboxylic acids is 1. The molecule has 1 aliphatic carbocycles. The van der Waals surface area contributed by atoms with E-state index in [0.717, 1.165) is 35.5 Å². The first-order chi connectivity index (χ1) is 12.6. The fourth-order valence-corrected chi connectivity index (χ4v) is 4.24. The summed E-state index contributed by atoms with van der Waals surface area (Å²) in [5, 5.41) is 3.45. The van der Waals surface area contributed by atoms with Crippen molar-refractivity contribution in [1.29, 1.82) is 0 Å². The second-order valence-electron chi connectivity index (χ2n) is 6.52. The first-order valence-electron chi connectivity index (χ1n) is 8.61. The van der Waals surface area contributed by atoms with E-state index in [1.807, 2.05) is 17.7 Å². The standard InChI is InChI=1S/C19H19FN4OS/c1-24-11-22-17-14(6-4-8-16(17)24)18(25)23-19-21-10-13(26-19)9-12-5-2-3-7-15(12)20/h2-3,5,7,10-11,14H,4,6,8-9H2,1H3,(H,21,23,25). The summed E-state index contributed by atoms with van der Waals surface area (Å²) in [6.45, 7) is 0. The van der Waals surface area contributed by atoms with Crippen LogP contribution in [0.25, 0.3) is 0 Å². The summed E-state index contributed by atoms with van der Waals surface area (Å²) in [5.74, 6) is -0.535. The molecule has 0 saturated carbocycles. The molecule has 134 valence electrons. The molecule has 0 aliphatic heterocycles. The molecule has 7 heteroatoms. The fourth-order valence-electron chi connectivity index (χ4n) is 3.40. The predicted molar refractivity (Wildman–Crippen MR) is 98.8 cm³/mol. The molecule has 3 aromatic rings. The summed E-state index contributed by atoms with van der Waals surface area (Å²) in [6, 6.07) is 6.70. The van der Waals surface area contributed by atoms with Gasteiger partial charge in [0.2, 0.25) is 5.91 Å². The molecule has 1 aromatic carbocycles. The van der Waals surface area contributed by atoms with E-state index in [1.54, 1.807) is 24.7 Å². The Balaban J connectivity index is 1.46. The van der Waals surface area contributed by atoms with Gasteiger partial charge < -0.3 is 9.88 Å². The lowest BCUT2D eigenvalue weighted by Gasteiger charge is -2.20. The number of halogens is 1. The van der Waals surface area contributed by atoms with E-state index in [1.165, 1.54) is 17.4 Å².